The first-order chi connectivity index (χ1) is 9.35. The highest BCUT2D eigenvalue weighted by Crippen LogP contribution is 2.34. The van der Waals surface area contributed by atoms with E-state index < -0.39 is 6.36 Å². The van der Waals surface area contributed by atoms with Crippen molar-refractivity contribution in [2.24, 2.45) is 5.92 Å². The van der Waals surface area contributed by atoms with Crippen LogP contribution in [0.3, 0.4) is 0 Å². The number of nitrogens with one attached hydrogen (secondary N) is 1. The highest BCUT2D eigenvalue weighted by molar-refractivity contribution is 5.36. The summed E-state index contributed by atoms with van der Waals surface area (Å²) < 4.78 is 41.3. The van der Waals surface area contributed by atoms with Crippen molar-refractivity contribution in [3.8, 4) is 5.75 Å². The van der Waals surface area contributed by atoms with E-state index in [0.717, 1.165) is 19.5 Å². The van der Waals surface area contributed by atoms with Gasteiger partial charge in [0.25, 0.3) is 0 Å². The monoisotopic (exact) mass is 289 g/mol. The van der Waals surface area contributed by atoms with Gasteiger partial charge in [0.2, 0.25) is 0 Å². The first kappa shape index (κ1) is 16.8. The Balaban J connectivity index is 2.78. The average Bonchev–Trinajstić information content (AvgIpc) is 2.37. The van der Waals surface area contributed by atoms with Gasteiger partial charge in [0.15, 0.2) is 0 Å². The summed E-state index contributed by atoms with van der Waals surface area (Å²) in [7, 11) is 0. The molecule has 0 aliphatic carbocycles. The van der Waals surface area contributed by atoms with Crippen molar-refractivity contribution in [2.75, 3.05) is 13.1 Å². The molecule has 0 spiro atoms. The molecule has 1 aromatic rings. The van der Waals surface area contributed by atoms with Gasteiger partial charge in [-0.05, 0) is 43.0 Å². The van der Waals surface area contributed by atoms with E-state index in [4.69, 9.17) is 0 Å². The molecule has 0 saturated carbocycles. The third kappa shape index (κ3) is 5.41. The summed E-state index contributed by atoms with van der Waals surface area (Å²) in [5, 5.41) is 3.29. The van der Waals surface area contributed by atoms with Gasteiger partial charge in [0.1, 0.15) is 5.75 Å². The normalized spacial score (nSPS) is 14.9. The number of benzene rings is 1. The molecule has 2 unspecified atom stereocenters. The summed E-state index contributed by atoms with van der Waals surface area (Å²) in [5.41, 5.74) is 0.593. The Morgan fingerprint density at radius 1 is 1.20 bits per heavy atom. The van der Waals surface area contributed by atoms with E-state index in [1.165, 1.54) is 6.07 Å². The van der Waals surface area contributed by atoms with E-state index in [-0.39, 0.29) is 17.6 Å². The standard InChI is InChI=1S/C15H22F3NO/c1-4-9-19-10-11(2)12(3)13-7-5-6-8-14(13)20-15(16,17)18/h5-8,11-12,19H,4,9-10H2,1-3H3. The van der Waals surface area contributed by atoms with Gasteiger partial charge in [-0.1, -0.05) is 39.0 Å². The molecule has 0 aromatic heterocycles. The van der Waals surface area contributed by atoms with Gasteiger partial charge in [-0.15, -0.1) is 13.2 Å². The van der Waals surface area contributed by atoms with Crippen molar-refractivity contribution in [3.05, 3.63) is 29.8 Å². The fourth-order valence-electron chi connectivity index (χ4n) is 2.06. The van der Waals surface area contributed by atoms with Crippen LogP contribution in [0.5, 0.6) is 5.75 Å². The van der Waals surface area contributed by atoms with Crippen LogP contribution in [-0.4, -0.2) is 19.5 Å². The minimum Gasteiger partial charge on any atom is -0.405 e. The number of hydrogen-bond acceptors (Lipinski definition) is 2. The summed E-state index contributed by atoms with van der Waals surface area (Å²) in [6.45, 7) is 7.72. The fraction of sp³-hybridized carbons (Fsp3) is 0.600. The molecule has 1 rings (SSSR count). The van der Waals surface area contributed by atoms with Crippen molar-refractivity contribution in [1.82, 2.24) is 5.32 Å². The summed E-state index contributed by atoms with van der Waals surface area (Å²) in [6, 6.07) is 6.35. The third-order valence-corrected chi connectivity index (χ3v) is 3.38. The first-order valence-corrected chi connectivity index (χ1v) is 6.90. The Bertz CT molecular complexity index is 406. The topological polar surface area (TPSA) is 21.3 Å². The fourth-order valence-corrected chi connectivity index (χ4v) is 2.06. The van der Waals surface area contributed by atoms with Crippen molar-refractivity contribution in [2.45, 2.75) is 39.5 Å². The molecular formula is C15H22F3NO. The molecule has 0 bridgehead atoms. The molecule has 0 amide bonds. The molecule has 0 radical (unpaired) electrons. The van der Waals surface area contributed by atoms with Crippen LogP contribution in [0.15, 0.2) is 24.3 Å². The largest absolute Gasteiger partial charge is 0.573 e. The number of ether oxygens (including phenoxy) is 1. The van der Waals surface area contributed by atoms with Crippen LogP contribution in [0, 0.1) is 5.92 Å². The Morgan fingerprint density at radius 2 is 1.85 bits per heavy atom. The Hall–Kier alpha value is -1.23. The lowest BCUT2D eigenvalue weighted by Crippen LogP contribution is -2.26. The van der Waals surface area contributed by atoms with Gasteiger partial charge < -0.3 is 10.1 Å². The lowest BCUT2D eigenvalue weighted by molar-refractivity contribution is -0.275. The van der Waals surface area contributed by atoms with Gasteiger partial charge in [-0.3, -0.25) is 0 Å². The quantitative estimate of drug-likeness (QED) is 0.755. The number of halogens is 3. The van der Waals surface area contributed by atoms with E-state index in [1.807, 2.05) is 13.8 Å². The second-order valence-electron chi connectivity index (χ2n) is 5.06. The Morgan fingerprint density at radius 3 is 2.45 bits per heavy atom. The zero-order chi connectivity index (χ0) is 15.2. The average molecular weight is 289 g/mol. The maximum Gasteiger partial charge on any atom is 0.573 e. The van der Waals surface area contributed by atoms with E-state index in [2.05, 4.69) is 17.0 Å². The minimum absolute atomic E-state index is 0.0158. The summed E-state index contributed by atoms with van der Waals surface area (Å²) in [5.74, 6) is 0.104. The van der Waals surface area contributed by atoms with E-state index >= 15 is 0 Å². The second kappa shape index (κ2) is 7.53. The molecule has 1 aromatic carbocycles. The molecule has 20 heavy (non-hydrogen) atoms. The van der Waals surface area contributed by atoms with Gasteiger partial charge in [-0.2, -0.15) is 0 Å². The van der Waals surface area contributed by atoms with Crippen LogP contribution in [0.2, 0.25) is 0 Å². The molecular weight excluding hydrogens is 267 g/mol. The molecule has 1 N–H and O–H groups in total. The smallest absolute Gasteiger partial charge is 0.405 e. The molecule has 0 heterocycles. The predicted molar refractivity (Wildman–Crippen MR) is 73.9 cm³/mol. The number of hydrogen-bond donors (Lipinski definition) is 1. The number of alkyl halides is 3. The second-order valence-corrected chi connectivity index (χ2v) is 5.06. The van der Waals surface area contributed by atoms with Gasteiger partial charge in [-0.25, -0.2) is 0 Å². The van der Waals surface area contributed by atoms with Crippen LogP contribution in [0.1, 0.15) is 38.7 Å². The lowest BCUT2D eigenvalue weighted by Gasteiger charge is -2.23. The van der Waals surface area contributed by atoms with Crippen molar-refractivity contribution < 1.29 is 17.9 Å². The van der Waals surface area contributed by atoms with Crippen molar-refractivity contribution >= 4 is 0 Å². The lowest BCUT2D eigenvalue weighted by atomic mass is 9.88. The summed E-state index contributed by atoms with van der Waals surface area (Å²) in [6.07, 6.45) is -3.62. The third-order valence-electron chi connectivity index (χ3n) is 3.38. The first-order valence-electron chi connectivity index (χ1n) is 6.90. The van der Waals surface area contributed by atoms with E-state index in [0.29, 0.717) is 5.56 Å². The zero-order valence-corrected chi connectivity index (χ0v) is 12.1. The van der Waals surface area contributed by atoms with Crippen molar-refractivity contribution in [1.29, 1.82) is 0 Å². The number of rotatable bonds is 7. The Kier molecular flexibility index (Phi) is 6.33. The van der Waals surface area contributed by atoms with Crippen LogP contribution in [0.25, 0.3) is 0 Å². The van der Waals surface area contributed by atoms with Crippen LogP contribution in [0.4, 0.5) is 13.2 Å². The van der Waals surface area contributed by atoms with Crippen molar-refractivity contribution in [3.63, 3.8) is 0 Å². The van der Waals surface area contributed by atoms with Gasteiger partial charge >= 0.3 is 6.36 Å². The highest BCUT2D eigenvalue weighted by Gasteiger charge is 2.32. The van der Waals surface area contributed by atoms with Crippen LogP contribution in [-0.2, 0) is 0 Å². The molecule has 5 heteroatoms. The summed E-state index contributed by atoms with van der Waals surface area (Å²) in [4.78, 5) is 0. The molecule has 0 aliphatic rings. The van der Waals surface area contributed by atoms with E-state index in [1.54, 1.807) is 18.2 Å². The molecule has 0 aliphatic heterocycles. The van der Waals surface area contributed by atoms with E-state index in [9.17, 15) is 13.2 Å². The maximum absolute atomic E-state index is 12.4. The molecule has 0 saturated heterocycles. The molecule has 2 nitrogen and oxygen atoms in total. The molecule has 114 valence electrons. The van der Waals surface area contributed by atoms with Crippen LogP contribution < -0.4 is 10.1 Å². The highest BCUT2D eigenvalue weighted by atomic mass is 19.4. The Labute approximate surface area is 118 Å². The van der Waals surface area contributed by atoms with Crippen LogP contribution >= 0.6 is 0 Å². The van der Waals surface area contributed by atoms with Gasteiger partial charge in [0.05, 0.1) is 0 Å². The summed E-state index contributed by atoms with van der Waals surface area (Å²) >= 11 is 0. The van der Waals surface area contributed by atoms with Gasteiger partial charge in [0, 0.05) is 0 Å². The minimum atomic E-state index is -4.65. The molecule has 0 fully saturated rings. The molecule has 2 atom stereocenters. The number of para-hydroxylation sites is 1. The maximum atomic E-state index is 12.4. The zero-order valence-electron chi connectivity index (χ0n) is 12.1. The predicted octanol–water partition coefficient (Wildman–Crippen LogP) is 4.32. The SMILES string of the molecule is CCCNCC(C)C(C)c1ccccc1OC(F)(F)F.